The van der Waals surface area contributed by atoms with Crippen molar-refractivity contribution in [2.24, 2.45) is 5.92 Å². The number of likely N-dealkylation sites (tertiary alicyclic amines) is 1. The Morgan fingerprint density at radius 2 is 2.48 bits per heavy atom. The van der Waals surface area contributed by atoms with Gasteiger partial charge in [-0.15, -0.1) is 21.5 Å². The summed E-state index contributed by atoms with van der Waals surface area (Å²) in [4.78, 5) is 16.2. The SMILES string of the molecule is CC(O)C1CCN(C(=O)Cn2nnc(-c3cccs3)n2)C1. The van der Waals surface area contributed by atoms with E-state index in [1.165, 1.54) is 16.1 Å². The van der Waals surface area contributed by atoms with Gasteiger partial charge < -0.3 is 10.0 Å². The van der Waals surface area contributed by atoms with Gasteiger partial charge in [0.15, 0.2) is 0 Å². The number of nitrogens with zero attached hydrogens (tertiary/aromatic N) is 5. The third kappa shape index (κ3) is 3.11. The number of hydrogen-bond acceptors (Lipinski definition) is 6. The highest BCUT2D eigenvalue weighted by molar-refractivity contribution is 7.13. The van der Waals surface area contributed by atoms with E-state index in [1.54, 1.807) is 11.8 Å². The molecule has 2 atom stereocenters. The van der Waals surface area contributed by atoms with Crippen molar-refractivity contribution in [2.45, 2.75) is 26.0 Å². The van der Waals surface area contributed by atoms with Gasteiger partial charge in [0.2, 0.25) is 11.7 Å². The van der Waals surface area contributed by atoms with Gasteiger partial charge in [-0.2, -0.15) is 4.80 Å². The molecule has 7 nitrogen and oxygen atoms in total. The van der Waals surface area contributed by atoms with E-state index in [1.807, 2.05) is 17.5 Å². The van der Waals surface area contributed by atoms with Crippen LogP contribution < -0.4 is 0 Å². The van der Waals surface area contributed by atoms with Crippen molar-refractivity contribution in [3.8, 4) is 10.7 Å². The zero-order valence-corrected chi connectivity index (χ0v) is 12.5. The zero-order valence-electron chi connectivity index (χ0n) is 11.7. The smallest absolute Gasteiger partial charge is 0.246 e. The summed E-state index contributed by atoms with van der Waals surface area (Å²) in [5.41, 5.74) is 0. The third-order valence-electron chi connectivity index (χ3n) is 3.73. The molecule has 1 saturated heterocycles. The maximum atomic E-state index is 12.2. The standard InChI is InChI=1S/C13H17N5O2S/c1-9(19)10-4-5-17(7-10)12(20)8-18-15-13(14-16-18)11-3-2-6-21-11/h2-3,6,9-10,19H,4-5,7-8H2,1H3. The van der Waals surface area contributed by atoms with Gasteiger partial charge in [0.1, 0.15) is 6.54 Å². The third-order valence-corrected chi connectivity index (χ3v) is 4.60. The minimum Gasteiger partial charge on any atom is -0.393 e. The Kier molecular flexibility index (Phi) is 3.98. The van der Waals surface area contributed by atoms with Crippen LogP contribution in [0.4, 0.5) is 0 Å². The lowest BCUT2D eigenvalue weighted by Gasteiger charge is -2.17. The molecule has 3 rings (SSSR count). The number of aliphatic hydroxyl groups is 1. The average molecular weight is 307 g/mol. The van der Waals surface area contributed by atoms with Gasteiger partial charge in [0.05, 0.1) is 11.0 Å². The Balaban J connectivity index is 1.61. The average Bonchev–Trinajstić information content (AvgIpc) is 3.19. The molecule has 1 aliphatic rings. The Bertz CT molecular complexity index is 610. The van der Waals surface area contributed by atoms with Crippen LogP contribution in [0.3, 0.4) is 0 Å². The maximum Gasteiger partial charge on any atom is 0.246 e. The first kappa shape index (κ1) is 14.2. The molecule has 0 bridgehead atoms. The number of carbonyl (C=O) groups is 1. The second-order valence-corrected chi connectivity index (χ2v) is 6.20. The van der Waals surface area contributed by atoms with Crippen molar-refractivity contribution >= 4 is 17.2 Å². The van der Waals surface area contributed by atoms with E-state index in [-0.39, 0.29) is 24.5 Å². The molecule has 2 aromatic rings. The molecule has 1 N–H and O–H groups in total. The number of tetrazole rings is 1. The van der Waals surface area contributed by atoms with E-state index in [9.17, 15) is 9.90 Å². The molecule has 1 aliphatic heterocycles. The Morgan fingerprint density at radius 3 is 3.14 bits per heavy atom. The lowest BCUT2D eigenvalue weighted by atomic mass is 10.0. The maximum absolute atomic E-state index is 12.2. The molecular weight excluding hydrogens is 290 g/mol. The first-order chi connectivity index (χ1) is 10.1. The summed E-state index contributed by atoms with van der Waals surface area (Å²) in [7, 11) is 0. The summed E-state index contributed by atoms with van der Waals surface area (Å²) < 4.78 is 0. The van der Waals surface area contributed by atoms with Crippen LogP contribution in [0, 0.1) is 5.92 Å². The van der Waals surface area contributed by atoms with Crippen LogP contribution in [0.5, 0.6) is 0 Å². The fourth-order valence-electron chi connectivity index (χ4n) is 2.44. The number of amides is 1. The Hall–Kier alpha value is -1.80. The summed E-state index contributed by atoms with van der Waals surface area (Å²) in [6, 6.07) is 3.84. The van der Waals surface area contributed by atoms with Crippen LogP contribution >= 0.6 is 11.3 Å². The van der Waals surface area contributed by atoms with E-state index in [0.717, 1.165) is 11.3 Å². The fraction of sp³-hybridized carbons (Fsp3) is 0.538. The number of hydrogen-bond donors (Lipinski definition) is 1. The van der Waals surface area contributed by atoms with E-state index < -0.39 is 0 Å². The van der Waals surface area contributed by atoms with Gasteiger partial charge >= 0.3 is 0 Å². The predicted molar refractivity (Wildman–Crippen MR) is 77.5 cm³/mol. The van der Waals surface area contributed by atoms with Gasteiger partial charge in [0, 0.05) is 19.0 Å². The summed E-state index contributed by atoms with van der Waals surface area (Å²) >= 11 is 1.54. The lowest BCUT2D eigenvalue weighted by molar-refractivity contribution is -0.131. The molecule has 0 spiro atoms. The Morgan fingerprint density at radius 1 is 1.62 bits per heavy atom. The van der Waals surface area contributed by atoms with Crippen molar-refractivity contribution in [3.05, 3.63) is 17.5 Å². The van der Waals surface area contributed by atoms with Gasteiger partial charge in [0.25, 0.3) is 0 Å². The molecule has 1 amide bonds. The topological polar surface area (TPSA) is 84.1 Å². The van der Waals surface area contributed by atoms with Gasteiger partial charge in [-0.3, -0.25) is 4.79 Å². The molecule has 21 heavy (non-hydrogen) atoms. The van der Waals surface area contributed by atoms with E-state index in [2.05, 4.69) is 15.4 Å². The van der Waals surface area contributed by atoms with Crippen molar-refractivity contribution in [1.82, 2.24) is 25.1 Å². The van der Waals surface area contributed by atoms with Crippen LogP contribution in [-0.2, 0) is 11.3 Å². The van der Waals surface area contributed by atoms with Crippen molar-refractivity contribution in [3.63, 3.8) is 0 Å². The van der Waals surface area contributed by atoms with Gasteiger partial charge in [-0.1, -0.05) is 6.07 Å². The van der Waals surface area contributed by atoms with E-state index in [0.29, 0.717) is 18.9 Å². The quantitative estimate of drug-likeness (QED) is 0.895. The summed E-state index contributed by atoms with van der Waals surface area (Å²) in [5, 5.41) is 23.6. The monoisotopic (exact) mass is 307 g/mol. The summed E-state index contributed by atoms with van der Waals surface area (Å²) in [6.07, 6.45) is 0.465. The van der Waals surface area contributed by atoms with Crippen LogP contribution in [0.25, 0.3) is 10.7 Å². The van der Waals surface area contributed by atoms with Crippen LogP contribution in [0.15, 0.2) is 17.5 Å². The number of aliphatic hydroxyl groups excluding tert-OH is 1. The first-order valence-electron chi connectivity index (χ1n) is 6.91. The minimum absolute atomic E-state index is 0.0340. The molecule has 2 unspecified atom stereocenters. The highest BCUT2D eigenvalue weighted by Gasteiger charge is 2.29. The van der Waals surface area contributed by atoms with Gasteiger partial charge in [-0.05, 0) is 30.0 Å². The first-order valence-corrected chi connectivity index (χ1v) is 7.79. The number of rotatable bonds is 4. The molecule has 3 heterocycles. The second-order valence-electron chi connectivity index (χ2n) is 5.25. The van der Waals surface area contributed by atoms with E-state index in [4.69, 9.17) is 0 Å². The van der Waals surface area contributed by atoms with Crippen molar-refractivity contribution in [2.75, 3.05) is 13.1 Å². The molecule has 1 fully saturated rings. The normalized spacial score (nSPS) is 19.9. The highest BCUT2D eigenvalue weighted by Crippen LogP contribution is 2.21. The number of aromatic nitrogens is 4. The minimum atomic E-state index is -0.377. The lowest BCUT2D eigenvalue weighted by Crippen LogP contribution is -2.33. The summed E-state index contributed by atoms with van der Waals surface area (Å²) in [6.45, 7) is 3.14. The highest BCUT2D eigenvalue weighted by atomic mass is 32.1. The predicted octanol–water partition coefficient (Wildman–Crippen LogP) is 0.631. The number of carbonyl (C=O) groups excluding carboxylic acids is 1. The second kappa shape index (κ2) is 5.90. The molecule has 0 saturated carbocycles. The van der Waals surface area contributed by atoms with Crippen LogP contribution in [-0.4, -0.2) is 55.3 Å². The zero-order chi connectivity index (χ0) is 14.8. The molecule has 0 radical (unpaired) electrons. The molecule has 2 aromatic heterocycles. The van der Waals surface area contributed by atoms with E-state index >= 15 is 0 Å². The van der Waals surface area contributed by atoms with Crippen molar-refractivity contribution < 1.29 is 9.90 Å². The molecular formula is C13H17N5O2S. The molecule has 0 aliphatic carbocycles. The largest absolute Gasteiger partial charge is 0.393 e. The van der Waals surface area contributed by atoms with Crippen LogP contribution in [0.2, 0.25) is 0 Å². The van der Waals surface area contributed by atoms with Crippen LogP contribution in [0.1, 0.15) is 13.3 Å². The fourth-order valence-corrected chi connectivity index (χ4v) is 3.09. The molecule has 0 aromatic carbocycles. The molecule has 8 heteroatoms. The summed E-state index contributed by atoms with van der Waals surface area (Å²) in [5.74, 6) is 0.675. The van der Waals surface area contributed by atoms with Crippen molar-refractivity contribution in [1.29, 1.82) is 0 Å². The van der Waals surface area contributed by atoms with Gasteiger partial charge in [-0.25, -0.2) is 0 Å². The molecule has 112 valence electrons. The Labute approximate surface area is 126 Å². The number of thiophene rings is 1.